The fourth-order valence-corrected chi connectivity index (χ4v) is 4.14. The standard InChI is InChI=1S/C26H26ClN3O5/c1-26(2,3)35-25(33)30-13-17(28-15-30)14-34-18-9-7-16(8-10-18)19-5-4-6-20(23(19)27)21-11-12-22(31)29-24(21)32/h4-10,13,15,21H,11-12,14H2,1-3H3,(H,29,31,32). The van der Waals surface area contributed by atoms with Crippen molar-refractivity contribution in [3.05, 3.63) is 71.3 Å². The highest BCUT2D eigenvalue weighted by atomic mass is 35.5. The zero-order valence-corrected chi connectivity index (χ0v) is 20.5. The maximum absolute atomic E-state index is 12.3. The Bertz CT molecular complexity index is 1260. The molecule has 0 aliphatic carbocycles. The third kappa shape index (κ3) is 5.89. The summed E-state index contributed by atoms with van der Waals surface area (Å²) in [4.78, 5) is 40.1. The predicted octanol–water partition coefficient (Wildman–Crippen LogP) is 5.09. The summed E-state index contributed by atoms with van der Waals surface area (Å²) in [7, 11) is 0. The number of piperidine rings is 1. The molecule has 0 bridgehead atoms. The first-order valence-electron chi connectivity index (χ1n) is 11.2. The fourth-order valence-electron chi connectivity index (χ4n) is 3.77. The molecule has 1 unspecified atom stereocenters. The molecule has 1 aliphatic rings. The molecule has 1 atom stereocenters. The van der Waals surface area contributed by atoms with Crippen LogP contribution in [0, 0.1) is 0 Å². The minimum atomic E-state index is -0.593. The second kappa shape index (κ2) is 9.92. The van der Waals surface area contributed by atoms with Crippen LogP contribution in [-0.2, 0) is 20.9 Å². The first-order valence-corrected chi connectivity index (χ1v) is 11.6. The van der Waals surface area contributed by atoms with Crippen molar-refractivity contribution < 1.29 is 23.9 Å². The topological polar surface area (TPSA) is 99.5 Å². The first-order chi connectivity index (χ1) is 16.6. The lowest BCUT2D eigenvalue weighted by Crippen LogP contribution is -2.39. The molecule has 0 radical (unpaired) electrons. The average molecular weight is 496 g/mol. The zero-order valence-electron chi connectivity index (χ0n) is 19.7. The van der Waals surface area contributed by atoms with E-state index < -0.39 is 17.6 Å². The number of aromatic nitrogens is 2. The van der Waals surface area contributed by atoms with Crippen molar-refractivity contribution in [1.82, 2.24) is 14.9 Å². The number of rotatable bonds is 5. The monoisotopic (exact) mass is 495 g/mol. The van der Waals surface area contributed by atoms with E-state index in [0.29, 0.717) is 34.9 Å². The van der Waals surface area contributed by atoms with Crippen LogP contribution in [0.2, 0.25) is 5.02 Å². The highest BCUT2D eigenvalue weighted by Crippen LogP contribution is 2.37. The van der Waals surface area contributed by atoms with E-state index in [1.165, 1.54) is 10.9 Å². The largest absolute Gasteiger partial charge is 0.487 e. The van der Waals surface area contributed by atoms with Crippen molar-refractivity contribution in [2.75, 3.05) is 0 Å². The lowest BCUT2D eigenvalue weighted by atomic mass is 9.88. The Morgan fingerprint density at radius 1 is 1.17 bits per heavy atom. The molecule has 1 saturated heterocycles. The van der Waals surface area contributed by atoms with Gasteiger partial charge in [-0.25, -0.2) is 14.3 Å². The van der Waals surface area contributed by atoms with Crippen molar-refractivity contribution in [3.63, 3.8) is 0 Å². The molecular formula is C26H26ClN3O5. The van der Waals surface area contributed by atoms with Crippen LogP contribution in [0.3, 0.4) is 0 Å². The molecule has 1 N–H and O–H groups in total. The Labute approximate surface area is 208 Å². The van der Waals surface area contributed by atoms with E-state index in [4.69, 9.17) is 21.1 Å². The number of imidazole rings is 1. The van der Waals surface area contributed by atoms with Gasteiger partial charge in [0.1, 0.15) is 24.3 Å². The molecule has 2 aromatic carbocycles. The maximum Gasteiger partial charge on any atom is 0.419 e. The summed E-state index contributed by atoms with van der Waals surface area (Å²) in [5.74, 6) is -0.412. The SMILES string of the molecule is CC(C)(C)OC(=O)n1cnc(COc2ccc(-c3cccc(C4CCC(=O)NC4=O)c3Cl)cc2)c1. The van der Waals surface area contributed by atoms with Gasteiger partial charge in [0, 0.05) is 18.2 Å². The molecule has 182 valence electrons. The quantitative estimate of drug-likeness (QED) is 0.495. The van der Waals surface area contributed by atoms with Gasteiger partial charge in [-0.2, -0.15) is 0 Å². The Balaban J connectivity index is 1.42. The van der Waals surface area contributed by atoms with Crippen LogP contribution in [0.1, 0.15) is 50.8 Å². The van der Waals surface area contributed by atoms with Crippen molar-refractivity contribution in [2.24, 2.45) is 0 Å². The molecule has 1 aliphatic heterocycles. The lowest BCUT2D eigenvalue weighted by molar-refractivity contribution is -0.134. The van der Waals surface area contributed by atoms with Crippen LogP contribution in [0.5, 0.6) is 5.75 Å². The van der Waals surface area contributed by atoms with Crippen LogP contribution in [0.25, 0.3) is 11.1 Å². The minimum Gasteiger partial charge on any atom is -0.487 e. The number of amides is 2. The number of nitrogens with one attached hydrogen (secondary N) is 1. The van der Waals surface area contributed by atoms with Gasteiger partial charge in [0.05, 0.1) is 16.6 Å². The first kappa shape index (κ1) is 24.5. The van der Waals surface area contributed by atoms with E-state index in [9.17, 15) is 14.4 Å². The molecular weight excluding hydrogens is 470 g/mol. The number of imide groups is 1. The van der Waals surface area contributed by atoms with Gasteiger partial charge in [-0.15, -0.1) is 0 Å². The molecule has 8 nitrogen and oxygen atoms in total. The molecule has 1 aromatic heterocycles. The van der Waals surface area contributed by atoms with E-state index in [0.717, 1.165) is 11.1 Å². The van der Waals surface area contributed by atoms with Crippen LogP contribution >= 0.6 is 11.6 Å². The molecule has 4 rings (SSSR count). The van der Waals surface area contributed by atoms with Gasteiger partial charge in [-0.05, 0) is 50.5 Å². The summed E-state index contributed by atoms with van der Waals surface area (Å²) in [6, 6.07) is 12.9. The molecule has 1 fully saturated rings. The summed E-state index contributed by atoms with van der Waals surface area (Å²) >= 11 is 6.68. The van der Waals surface area contributed by atoms with Gasteiger partial charge in [0.25, 0.3) is 0 Å². The number of hydrogen-bond donors (Lipinski definition) is 1. The molecule has 35 heavy (non-hydrogen) atoms. The normalized spacial score (nSPS) is 16.1. The van der Waals surface area contributed by atoms with Crippen LogP contribution in [0.15, 0.2) is 55.0 Å². The predicted molar refractivity (Wildman–Crippen MR) is 130 cm³/mol. The van der Waals surface area contributed by atoms with Gasteiger partial charge in [-0.3, -0.25) is 14.9 Å². The van der Waals surface area contributed by atoms with Crippen molar-refractivity contribution >= 4 is 29.5 Å². The number of ether oxygens (including phenoxy) is 2. The van der Waals surface area contributed by atoms with Gasteiger partial charge >= 0.3 is 6.09 Å². The van der Waals surface area contributed by atoms with E-state index in [1.54, 1.807) is 27.0 Å². The van der Waals surface area contributed by atoms with E-state index >= 15 is 0 Å². The summed E-state index contributed by atoms with van der Waals surface area (Å²) < 4.78 is 12.4. The van der Waals surface area contributed by atoms with Gasteiger partial charge < -0.3 is 9.47 Å². The van der Waals surface area contributed by atoms with Crippen molar-refractivity contribution in [3.8, 4) is 16.9 Å². The van der Waals surface area contributed by atoms with Gasteiger partial charge in [0.2, 0.25) is 11.8 Å². The zero-order chi connectivity index (χ0) is 25.2. The number of carbonyl (C=O) groups excluding carboxylic acids is 3. The van der Waals surface area contributed by atoms with Crippen molar-refractivity contribution in [1.29, 1.82) is 0 Å². The number of hydrogen-bond acceptors (Lipinski definition) is 6. The third-order valence-electron chi connectivity index (χ3n) is 5.44. The summed E-state index contributed by atoms with van der Waals surface area (Å²) in [5, 5.41) is 2.87. The van der Waals surface area contributed by atoms with E-state index in [-0.39, 0.29) is 18.4 Å². The lowest BCUT2D eigenvalue weighted by Gasteiger charge is -2.23. The molecule has 2 heterocycles. The van der Waals surface area contributed by atoms with Crippen molar-refractivity contribution in [2.45, 2.75) is 51.7 Å². The van der Waals surface area contributed by atoms with E-state index in [1.807, 2.05) is 42.5 Å². The molecule has 3 aromatic rings. The van der Waals surface area contributed by atoms with Gasteiger partial charge in [-0.1, -0.05) is 41.9 Å². The summed E-state index contributed by atoms with van der Waals surface area (Å²) in [5.41, 5.74) is 2.35. The van der Waals surface area contributed by atoms with Crippen LogP contribution in [0.4, 0.5) is 4.79 Å². The summed E-state index contributed by atoms with van der Waals surface area (Å²) in [6.45, 7) is 5.58. The van der Waals surface area contributed by atoms with E-state index in [2.05, 4.69) is 10.3 Å². The maximum atomic E-state index is 12.3. The van der Waals surface area contributed by atoms with Crippen LogP contribution in [-0.4, -0.2) is 33.1 Å². The number of halogens is 1. The second-order valence-electron chi connectivity index (χ2n) is 9.28. The molecule has 2 amide bonds. The number of benzene rings is 2. The Hall–Kier alpha value is -3.65. The minimum absolute atomic E-state index is 0.181. The highest BCUT2D eigenvalue weighted by molar-refractivity contribution is 6.34. The second-order valence-corrected chi connectivity index (χ2v) is 9.66. The number of carbonyl (C=O) groups is 3. The third-order valence-corrected chi connectivity index (χ3v) is 5.86. The Morgan fingerprint density at radius 2 is 1.91 bits per heavy atom. The fraction of sp³-hybridized carbons (Fsp3) is 0.308. The Kier molecular flexibility index (Phi) is 6.93. The highest BCUT2D eigenvalue weighted by Gasteiger charge is 2.30. The van der Waals surface area contributed by atoms with Crippen LogP contribution < -0.4 is 10.1 Å². The number of nitrogens with zero attached hydrogens (tertiary/aromatic N) is 2. The van der Waals surface area contributed by atoms with Gasteiger partial charge in [0.15, 0.2) is 0 Å². The molecule has 0 saturated carbocycles. The molecule has 9 heteroatoms. The smallest absolute Gasteiger partial charge is 0.419 e. The Morgan fingerprint density at radius 3 is 2.60 bits per heavy atom. The summed E-state index contributed by atoms with van der Waals surface area (Å²) in [6.07, 6.45) is 3.19. The average Bonchev–Trinajstić information content (AvgIpc) is 3.27. The molecule has 0 spiro atoms.